The third kappa shape index (κ3) is 5.97. The summed E-state index contributed by atoms with van der Waals surface area (Å²) >= 11 is 9.27. The molecule has 0 bridgehead atoms. The van der Waals surface area contributed by atoms with E-state index in [1.807, 2.05) is 0 Å². The van der Waals surface area contributed by atoms with Gasteiger partial charge in [0, 0.05) is 28.2 Å². The molecule has 1 aromatic carbocycles. The lowest BCUT2D eigenvalue weighted by atomic mass is 9.98. The van der Waals surface area contributed by atoms with E-state index in [0.29, 0.717) is 29.8 Å². The van der Waals surface area contributed by atoms with E-state index in [1.54, 1.807) is 18.2 Å². The Bertz CT molecular complexity index is 455. The summed E-state index contributed by atoms with van der Waals surface area (Å²) in [6.45, 7) is 1.33. The molecule has 1 fully saturated rings. The number of hydrogen-bond acceptors (Lipinski definition) is 2. The highest BCUT2D eigenvalue weighted by Gasteiger charge is 2.13. The molecule has 1 aromatic rings. The van der Waals surface area contributed by atoms with Gasteiger partial charge in [-0.2, -0.15) is 0 Å². The molecule has 0 unspecified atom stereocenters. The molecule has 3 nitrogen and oxygen atoms in total. The predicted molar refractivity (Wildman–Crippen MR) is 88.9 cm³/mol. The highest BCUT2D eigenvalue weighted by atomic mass is 79.9. The molecule has 1 aliphatic rings. The van der Waals surface area contributed by atoms with Gasteiger partial charge in [-0.3, -0.25) is 4.79 Å². The molecule has 1 saturated carbocycles. The average molecular weight is 375 g/mol. The Morgan fingerprint density at radius 1 is 1.29 bits per heavy atom. The monoisotopic (exact) mass is 373 g/mol. The summed E-state index contributed by atoms with van der Waals surface area (Å²) < 4.78 is 6.64. The van der Waals surface area contributed by atoms with Gasteiger partial charge in [-0.25, -0.2) is 0 Å². The van der Waals surface area contributed by atoms with Gasteiger partial charge in [0.25, 0.3) is 5.91 Å². The summed E-state index contributed by atoms with van der Waals surface area (Å²) in [6.07, 6.45) is 7.54. The van der Waals surface area contributed by atoms with Crippen LogP contribution in [0.25, 0.3) is 0 Å². The lowest BCUT2D eigenvalue weighted by molar-refractivity contribution is 0.0273. The van der Waals surface area contributed by atoms with E-state index in [-0.39, 0.29) is 5.91 Å². The first kappa shape index (κ1) is 16.8. The Morgan fingerprint density at radius 2 is 2.05 bits per heavy atom. The van der Waals surface area contributed by atoms with E-state index in [0.717, 1.165) is 10.9 Å². The largest absolute Gasteiger partial charge is 0.378 e. The summed E-state index contributed by atoms with van der Waals surface area (Å²) in [5.41, 5.74) is 0.572. The van der Waals surface area contributed by atoms with Gasteiger partial charge in [0.15, 0.2) is 0 Å². The van der Waals surface area contributed by atoms with Crippen molar-refractivity contribution in [2.24, 2.45) is 0 Å². The van der Waals surface area contributed by atoms with Crippen LogP contribution >= 0.6 is 27.5 Å². The van der Waals surface area contributed by atoms with Crippen LogP contribution in [0.3, 0.4) is 0 Å². The van der Waals surface area contributed by atoms with Gasteiger partial charge >= 0.3 is 0 Å². The van der Waals surface area contributed by atoms with E-state index in [4.69, 9.17) is 16.3 Å². The minimum Gasteiger partial charge on any atom is -0.378 e. The molecule has 0 atom stereocenters. The number of benzene rings is 1. The maximum absolute atomic E-state index is 12.0. The summed E-state index contributed by atoms with van der Waals surface area (Å²) in [4.78, 5) is 12.0. The van der Waals surface area contributed by atoms with Crippen LogP contribution in [-0.4, -0.2) is 25.2 Å². The van der Waals surface area contributed by atoms with Crippen molar-refractivity contribution >= 4 is 33.4 Å². The standard InChI is InChI=1S/C16H21BrClNO2/c17-13-9-12(10-14(18)11-13)16(20)19-7-4-8-21-15-5-2-1-3-6-15/h9-11,15H,1-8H2,(H,19,20). The van der Waals surface area contributed by atoms with Crippen LogP contribution in [0.1, 0.15) is 48.9 Å². The number of amides is 1. The quantitative estimate of drug-likeness (QED) is 0.741. The van der Waals surface area contributed by atoms with E-state index in [2.05, 4.69) is 21.2 Å². The minimum atomic E-state index is -0.101. The molecule has 2 rings (SSSR count). The normalized spacial score (nSPS) is 15.9. The third-order valence-corrected chi connectivity index (χ3v) is 4.31. The van der Waals surface area contributed by atoms with Crippen molar-refractivity contribution in [3.8, 4) is 0 Å². The van der Waals surface area contributed by atoms with Crippen molar-refractivity contribution in [2.75, 3.05) is 13.2 Å². The first-order chi connectivity index (χ1) is 10.1. The molecular formula is C16H21BrClNO2. The van der Waals surface area contributed by atoms with E-state index >= 15 is 0 Å². The number of ether oxygens (including phenoxy) is 1. The molecule has 21 heavy (non-hydrogen) atoms. The van der Waals surface area contributed by atoms with E-state index < -0.39 is 0 Å². The maximum Gasteiger partial charge on any atom is 0.251 e. The Morgan fingerprint density at radius 3 is 2.76 bits per heavy atom. The van der Waals surface area contributed by atoms with Crippen molar-refractivity contribution in [1.29, 1.82) is 0 Å². The fourth-order valence-electron chi connectivity index (χ4n) is 2.54. The fourth-order valence-corrected chi connectivity index (χ4v) is 3.40. The molecular weight excluding hydrogens is 354 g/mol. The molecule has 0 saturated heterocycles. The summed E-state index contributed by atoms with van der Waals surface area (Å²) in [5, 5.41) is 3.44. The van der Waals surface area contributed by atoms with Crippen molar-refractivity contribution in [2.45, 2.75) is 44.6 Å². The number of carbonyl (C=O) groups excluding carboxylic acids is 1. The van der Waals surface area contributed by atoms with Gasteiger partial charge in [-0.05, 0) is 37.5 Å². The second-order valence-electron chi connectivity index (χ2n) is 5.40. The topological polar surface area (TPSA) is 38.3 Å². The van der Waals surface area contributed by atoms with Crippen molar-refractivity contribution < 1.29 is 9.53 Å². The second-order valence-corrected chi connectivity index (χ2v) is 6.75. The summed E-state index contributed by atoms with van der Waals surface area (Å²) in [6, 6.07) is 5.19. The van der Waals surface area contributed by atoms with Crippen molar-refractivity contribution in [3.63, 3.8) is 0 Å². The molecule has 0 radical (unpaired) electrons. The van der Waals surface area contributed by atoms with Crippen LogP contribution in [0, 0.1) is 0 Å². The second kappa shape index (κ2) is 8.76. The molecule has 0 aromatic heterocycles. The Labute approximate surface area is 139 Å². The summed E-state index contributed by atoms with van der Waals surface area (Å²) in [7, 11) is 0. The highest BCUT2D eigenvalue weighted by molar-refractivity contribution is 9.10. The lowest BCUT2D eigenvalue weighted by Crippen LogP contribution is -2.26. The van der Waals surface area contributed by atoms with Crippen LogP contribution < -0.4 is 5.32 Å². The Kier molecular flexibility index (Phi) is 7.00. The molecule has 0 heterocycles. The van der Waals surface area contributed by atoms with Gasteiger partial charge in [0.05, 0.1) is 6.10 Å². The fraction of sp³-hybridized carbons (Fsp3) is 0.562. The molecule has 0 spiro atoms. The van der Waals surface area contributed by atoms with Crippen LogP contribution in [0.15, 0.2) is 22.7 Å². The molecule has 0 aliphatic heterocycles. The number of halogens is 2. The predicted octanol–water partition coefficient (Wildman–Crippen LogP) is 4.57. The smallest absolute Gasteiger partial charge is 0.251 e. The number of carbonyl (C=O) groups is 1. The number of nitrogens with one attached hydrogen (secondary N) is 1. The van der Waals surface area contributed by atoms with Gasteiger partial charge < -0.3 is 10.1 Å². The zero-order valence-electron chi connectivity index (χ0n) is 12.0. The molecule has 1 amide bonds. The first-order valence-corrected chi connectivity index (χ1v) is 8.68. The lowest BCUT2D eigenvalue weighted by Gasteiger charge is -2.21. The molecule has 1 N–H and O–H groups in total. The number of rotatable bonds is 6. The zero-order valence-corrected chi connectivity index (χ0v) is 14.4. The van der Waals surface area contributed by atoms with Crippen LogP contribution in [0.4, 0.5) is 0 Å². The van der Waals surface area contributed by atoms with Gasteiger partial charge in [-0.1, -0.05) is 46.8 Å². The Balaban J connectivity index is 1.64. The minimum absolute atomic E-state index is 0.101. The summed E-state index contributed by atoms with van der Waals surface area (Å²) in [5.74, 6) is -0.101. The first-order valence-electron chi connectivity index (χ1n) is 7.51. The maximum atomic E-state index is 12.0. The van der Waals surface area contributed by atoms with Gasteiger partial charge in [0.1, 0.15) is 0 Å². The average Bonchev–Trinajstić information content (AvgIpc) is 2.47. The Hall–Kier alpha value is -0.580. The van der Waals surface area contributed by atoms with E-state index in [1.165, 1.54) is 32.1 Å². The van der Waals surface area contributed by atoms with Crippen LogP contribution in [0.2, 0.25) is 5.02 Å². The van der Waals surface area contributed by atoms with Crippen molar-refractivity contribution in [1.82, 2.24) is 5.32 Å². The molecule has 1 aliphatic carbocycles. The SMILES string of the molecule is O=C(NCCCOC1CCCCC1)c1cc(Cl)cc(Br)c1. The zero-order chi connectivity index (χ0) is 15.1. The molecule has 5 heteroatoms. The third-order valence-electron chi connectivity index (χ3n) is 3.64. The number of hydrogen-bond donors (Lipinski definition) is 1. The van der Waals surface area contributed by atoms with Crippen molar-refractivity contribution in [3.05, 3.63) is 33.3 Å². The van der Waals surface area contributed by atoms with Crippen LogP contribution in [0.5, 0.6) is 0 Å². The van der Waals surface area contributed by atoms with Gasteiger partial charge in [-0.15, -0.1) is 0 Å². The van der Waals surface area contributed by atoms with Crippen LogP contribution in [-0.2, 0) is 4.74 Å². The van der Waals surface area contributed by atoms with E-state index in [9.17, 15) is 4.79 Å². The van der Waals surface area contributed by atoms with Gasteiger partial charge in [0.2, 0.25) is 0 Å². The molecule has 116 valence electrons. The highest BCUT2D eigenvalue weighted by Crippen LogP contribution is 2.20.